The summed E-state index contributed by atoms with van der Waals surface area (Å²) in [5.41, 5.74) is -0.212. The van der Waals surface area contributed by atoms with E-state index >= 15 is 0 Å². The third-order valence-electron chi connectivity index (χ3n) is 2.27. The average Bonchev–Trinajstić information content (AvgIpc) is 2.40. The lowest BCUT2D eigenvalue weighted by atomic mass is 10.2. The number of nitrogens with zero attached hydrogens (tertiary/aromatic N) is 4. The first-order valence-electron chi connectivity index (χ1n) is 5.57. The van der Waals surface area contributed by atoms with Crippen LogP contribution in [0.3, 0.4) is 0 Å². The number of hydrogen-bond acceptors (Lipinski definition) is 5. The number of carbonyl (C=O) groups excluding carboxylic acids is 1. The molecule has 1 aromatic heterocycles. The van der Waals surface area contributed by atoms with E-state index in [0.29, 0.717) is 6.54 Å². The maximum atomic E-state index is 14.0. The van der Waals surface area contributed by atoms with E-state index in [9.17, 15) is 9.18 Å². The second kappa shape index (κ2) is 6.92. The summed E-state index contributed by atoms with van der Waals surface area (Å²) in [7, 11) is 0. The lowest BCUT2D eigenvalue weighted by Crippen LogP contribution is -2.32. The van der Waals surface area contributed by atoms with Crippen molar-refractivity contribution < 1.29 is 9.18 Å². The smallest absolute Gasteiger partial charge is 0.258 e. The first-order valence-corrected chi connectivity index (χ1v) is 5.57. The maximum absolute atomic E-state index is 14.0. The highest BCUT2D eigenvalue weighted by Gasteiger charge is 2.21. The second-order valence-electron chi connectivity index (χ2n) is 3.53. The predicted molar refractivity (Wildman–Crippen MR) is 65.5 cm³/mol. The van der Waals surface area contributed by atoms with Crippen LogP contribution in [0.25, 0.3) is 0 Å². The molecule has 1 aromatic rings. The number of amides is 1. The van der Waals surface area contributed by atoms with E-state index in [1.54, 1.807) is 19.1 Å². The Balaban J connectivity index is 3.08. The lowest BCUT2D eigenvalue weighted by Gasteiger charge is -2.16. The Bertz CT molecular complexity index is 530. The molecule has 1 heterocycles. The Morgan fingerprint density at radius 3 is 2.63 bits per heavy atom. The molecule has 0 radical (unpaired) electrons. The first-order chi connectivity index (χ1) is 9.15. The zero-order valence-electron chi connectivity index (χ0n) is 10.4. The van der Waals surface area contributed by atoms with Crippen LogP contribution in [-0.4, -0.2) is 35.4 Å². The van der Waals surface area contributed by atoms with E-state index in [-0.39, 0.29) is 24.5 Å². The van der Waals surface area contributed by atoms with Crippen LogP contribution in [-0.2, 0) is 0 Å². The molecular formula is C12H12FN5O. The molecule has 0 aliphatic carbocycles. The van der Waals surface area contributed by atoms with E-state index in [1.165, 1.54) is 12.3 Å². The Morgan fingerprint density at radius 1 is 1.47 bits per heavy atom. The van der Waals surface area contributed by atoms with Crippen molar-refractivity contribution in [2.75, 3.05) is 25.0 Å². The number of rotatable bonds is 5. The number of hydrogen-bond donors (Lipinski definition) is 1. The van der Waals surface area contributed by atoms with Gasteiger partial charge in [0.05, 0.1) is 17.7 Å². The van der Waals surface area contributed by atoms with Crippen LogP contribution in [0.1, 0.15) is 17.3 Å². The molecule has 6 nitrogen and oxygen atoms in total. The van der Waals surface area contributed by atoms with Gasteiger partial charge in [0, 0.05) is 12.7 Å². The van der Waals surface area contributed by atoms with Gasteiger partial charge in [-0.15, -0.1) is 0 Å². The highest BCUT2D eigenvalue weighted by atomic mass is 19.1. The lowest BCUT2D eigenvalue weighted by molar-refractivity contribution is 0.0790. The van der Waals surface area contributed by atoms with E-state index in [1.807, 2.05) is 0 Å². The number of anilines is 1. The van der Waals surface area contributed by atoms with Crippen molar-refractivity contribution in [3.05, 3.63) is 23.6 Å². The van der Waals surface area contributed by atoms with Gasteiger partial charge in [-0.05, 0) is 13.0 Å². The summed E-state index contributed by atoms with van der Waals surface area (Å²) >= 11 is 0. The van der Waals surface area contributed by atoms with Gasteiger partial charge in [-0.3, -0.25) is 4.79 Å². The standard InChI is InChI=1S/C12H12FN5O/c1-2-16-11-10(13)9(3-6-17-11)12(19)18(7-4-14)8-5-15/h3,6H,2,7-8H2,1H3,(H,16,17). The number of carbonyl (C=O) groups is 1. The van der Waals surface area contributed by atoms with Crippen LogP contribution in [0.15, 0.2) is 12.3 Å². The van der Waals surface area contributed by atoms with Crippen LogP contribution < -0.4 is 5.32 Å². The van der Waals surface area contributed by atoms with E-state index in [0.717, 1.165) is 4.90 Å². The summed E-state index contributed by atoms with van der Waals surface area (Å²) in [4.78, 5) is 16.8. The van der Waals surface area contributed by atoms with Gasteiger partial charge >= 0.3 is 0 Å². The van der Waals surface area contributed by atoms with Crippen LogP contribution >= 0.6 is 0 Å². The molecule has 1 N–H and O–H groups in total. The van der Waals surface area contributed by atoms with Gasteiger partial charge in [-0.1, -0.05) is 0 Å². The van der Waals surface area contributed by atoms with Gasteiger partial charge in [0.15, 0.2) is 11.6 Å². The van der Waals surface area contributed by atoms with Crippen molar-refractivity contribution >= 4 is 11.7 Å². The van der Waals surface area contributed by atoms with E-state index in [2.05, 4.69) is 10.3 Å². The van der Waals surface area contributed by atoms with Gasteiger partial charge in [-0.25, -0.2) is 9.37 Å². The molecule has 98 valence electrons. The molecule has 7 heteroatoms. The Labute approximate surface area is 110 Å². The molecule has 0 fully saturated rings. The summed E-state index contributed by atoms with van der Waals surface area (Å²) in [6.45, 7) is 1.68. The topological polar surface area (TPSA) is 92.8 Å². The van der Waals surface area contributed by atoms with Crippen molar-refractivity contribution in [2.24, 2.45) is 0 Å². The SMILES string of the molecule is CCNc1nccc(C(=O)N(CC#N)CC#N)c1F. The highest BCUT2D eigenvalue weighted by molar-refractivity contribution is 5.95. The molecule has 0 aliphatic heterocycles. The molecule has 0 aliphatic rings. The van der Waals surface area contributed by atoms with Crippen molar-refractivity contribution in [1.82, 2.24) is 9.88 Å². The molecule has 0 unspecified atom stereocenters. The fourth-order valence-electron chi connectivity index (χ4n) is 1.44. The number of pyridine rings is 1. The highest BCUT2D eigenvalue weighted by Crippen LogP contribution is 2.16. The van der Waals surface area contributed by atoms with Crippen molar-refractivity contribution in [3.8, 4) is 12.1 Å². The number of nitriles is 2. The van der Waals surface area contributed by atoms with E-state index in [4.69, 9.17) is 10.5 Å². The molecular weight excluding hydrogens is 249 g/mol. The summed E-state index contributed by atoms with van der Waals surface area (Å²) < 4.78 is 14.0. The predicted octanol–water partition coefficient (Wildman–Crippen LogP) is 1.14. The Kier molecular flexibility index (Phi) is 5.24. The van der Waals surface area contributed by atoms with Gasteiger partial charge in [0.25, 0.3) is 5.91 Å². The number of halogens is 1. The minimum absolute atomic E-state index is 0.0257. The molecule has 19 heavy (non-hydrogen) atoms. The van der Waals surface area contributed by atoms with Gasteiger partial charge < -0.3 is 10.2 Å². The summed E-state index contributed by atoms with van der Waals surface area (Å²) in [6.07, 6.45) is 1.30. The molecule has 0 spiro atoms. The summed E-state index contributed by atoms with van der Waals surface area (Å²) in [5.74, 6) is -1.51. The largest absolute Gasteiger partial charge is 0.368 e. The quantitative estimate of drug-likeness (QED) is 0.802. The summed E-state index contributed by atoms with van der Waals surface area (Å²) in [6, 6.07) is 4.75. The summed E-state index contributed by atoms with van der Waals surface area (Å²) in [5, 5.41) is 19.9. The number of nitrogens with one attached hydrogen (secondary N) is 1. The zero-order valence-corrected chi connectivity index (χ0v) is 10.4. The van der Waals surface area contributed by atoms with Crippen LogP contribution in [0.4, 0.5) is 10.2 Å². The normalized spacial score (nSPS) is 9.26. The third-order valence-corrected chi connectivity index (χ3v) is 2.27. The first kappa shape index (κ1) is 14.4. The minimum Gasteiger partial charge on any atom is -0.368 e. The van der Waals surface area contributed by atoms with Crippen LogP contribution in [0, 0.1) is 28.5 Å². The second-order valence-corrected chi connectivity index (χ2v) is 3.53. The molecule has 0 atom stereocenters. The third kappa shape index (κ3) is 3.39. The van der Waals surface area contributed by atoms with Crippen molar-refractivity contribution in [3.63, 3.8) is 0 Å². The van der Waals surface area contributed by atoms with Gasteiger partial charge in [0.1, 0.15) is 13.1 Å². The molecule has 0 saturated carbocycles. The minimum atomic E-state index is -0.782. The van der Waals surface area contributed by atoms with Gasteiger partial charge in [-0.2, -0.15) is 10.5 Å². The fraction of sp³-hybridized carbons (Fsp3) is 0.333. The zero-order chi connectivity index (χ0) is 14.3. The van der Waals surface area contributed by atoms with Gasteiger partial charge in [0.2, 0.25) is 0 Å². The van der Waals surface area contributed by atoms with Crippen molar-refractivity contribution in [1.29, 1.82) is 10.5 Å². The van der Waals surface area contributed by atoms with E-state index < -0.39 is 11.7 Å². The monoisotopic (exact) mass is 261 g/mol. The molecule has 1 rings (SSSR count). The van der Waals surface area contributed by atoms with Crippen LogP contribution in [0.2, 0.25) is 0 Å². The molecule has 1 amide bonds. The Hall–Kier alpha value is -2.67. The molecule has 0 aromatic carbocycles. The Morgan fingerprint density at radius 2 is 2.11 bits per heavy atom. The average molecular weight is 261 g/mol. The fourth-order valence-corrected chi connectivity index (χ4v) is 1.44. The maximum Gasteiger partial charge on any atom is 0.258 e. The molecule has 0 bridgehead atoms. The number of aromatic nitrogens is 1. The molecule has 0 saturated heterocycles. The van der Waals surface area contributed by atoms with Crippen LogP contribution in [0.5, 0.6) is 0 Å². The van der Waals surface area contributed by atoms with Crippen molar-refractivity contribution in [2.45, 2.75) is 6.92 Å².